The Hall–Kier alpha value is -1.52. The summed E-state index contributed by atoms with van der Waals surface area (Å²) in [5, 5.41) is 9.28. The molecule has 0 spiro atoms. The summed E-state index contributed by atoms with van der Waals surface area (Å²) in [6.07, 6.45) is 2.40. The number of carboxylic acid groups (broad SMARTS) is 1. The Bertz CT molecular complexity index is 373. The molecule has 2 atom stereocenters. The summed E-state index contributed by atoms with van der Waals surface area (Å²) in [5.74, 6) is -0.933. The van der Waals surface area contributed by atoms with Gasteiger partial charge in [-0.05, 0) is 33.1 Å². The third-order valence-corrected chi connectivity index (χ3v) is 3.55. The lowest BCUT2D eigenvalue weighted by atomic mass is 10.0. The summed E-state index contributed by atoms with van der Waals surface area (Å²) in [5.41, 5.74) is -0.361. The summed E-state index contributed by atoms with van der Waals surface area (Å²) < 4.78 is 0. The van der Waals surface area contributed by atoms with Gasteiger partial charge in [-0.1, -0.05) is 13.0 Å². The van der Waals surface area contributed by atoms with Crippen molar-refractivity contribution in [1.82, 2.24) is 9.80 Å². The Labute approximate surface area is 114 Å². The highest BCUT2D eigenvalue weighted by Gasteiger charge is 2.42. The zero-order valence-corrected chi connectivity index (χ0v) is 12.2. The summed E-state index contributed by atoms with van der Waals surface area (Å²) in [6, 6.07) is -0.939. The lowest BCUT2D eigenvalue weighted by Crippen LogP contribution is -2.55. The van der Waals surface area contributed by atoms with Gasteiger partial charge in [0.2, 0.25) is 0 Å². The first-order valence-electron chi connectivity index (χ1n) is 6.62. The van der Waals surface area contributed by atoms with Crippen molar-refractivity contribution in [3.8, 4) is 0 Å². The van der Waals surface area contributed by atoms with Crippen molar-refractivity contribution in [2.75, 3.05) is 13.1 Å². The van der Waals surface area contributed by atoms with E-state index in [1.165, 1.54) is 4.90 Å². The Morgan fingerprint density at radius 3 is 2.47 bits per heavy atom. The normalized spacial score (nSPS) is 23.3. The molecule has 2 unspecified atom stereocenters. The zero-order valence-electron chi connectivity index (χ0n) is 12.2. The second-order valence-corrected chi connectivity index (χ2v) is 6.10. The minimum Gasteiger partial charge on any atom is -0.480 e. The number of nitrogens with zero attached hydrogens (tertiary/aromatic N) is 2. The maximum absolute atomic E-state index is 12.6. The molecule has 2 amide bonds. The first kappa shape index (κ1) is 15.5. The van der Waals surface area contributed by atoms with E-state index in [1.54, 1.807) is 11.0 Å². The average molecular weight is 268 g/mol. The quantitative estimate of drug-likeness (QED) is 0.798. The van der Waals surface area contributed by atoms with Gasteiger partial charge in [0.25, 0.3) is 0 Å². The fourth-order valence-electron chi connectivity index (χ4n) is 2.46. The second kappa shape index (κ2) is 5.63. The number of hydrogen-bond acceptors (Lipinski definition) is 2. The third kappa shape index (κ3) is 3.28. The molecular formula is C14H24N2O3. The van der Waals surface area contributed by atoms with Crippen LogP contribution in [0, 0.1) is 5.92 Å². The molecule has 1 aliphatic rings. The Morgan fingerprint density at radius 2 is 2.05 bits per heavy atom. The number of urea groups is 1. The van der Waals surface area contributed by atoms with Gasteiger partial charge in [0.15, 0.2) is 0 Å². The van der Waals surface area contributed by atoms with Crippen LogP contribution in [0.2, 0.25) is 0 Å². The van der Waals surface area contributed by atoms with E-state index in [2.05, 4.69) is 6.58 Å². The number of carbonyl (C=O) groups is 2. The second-order valence-electron chi connectivity index (χ2n) is 6.10. The van der Waals surface area contributed by atoms with Crippen LogP contribution in [-0.2, 0) is 4.79 Å². The van der Waals surface area contributed by atoms with Crippen molar-refractivity contribution in [1.29, 1.82) is 0 Å². The number of amides is 2. The Morgan fingerprint density at radius 1 is 1.47 bits per heavy atom. The highest BCUT2D eigenvalue weighted by molar-refractivity contribution is 5.84. The van der Waals surface area contributed by atoms with Crippen LogP contribution < -0.4 is 0 Å². The SMILES string of the molecule is C=CCN(C(=O)N1CCC(C)C1C(=O)O)C(C)(C)C. The van der Waals surface area contributed by atoms with Crippen molar-refractivity contribution in [2.24, 2.45) is 5.92 Å². The molecule has 108 valence electrons. The first-order valence-corrected chi connectivity index (χ1v) is 6.62. The standard InChI is InChI=1S/C14H24N2O3/c1-6-8-16(14(3,4)5)13(19)15-9-7-10(2)11(15)12(17)18/h6,10-11H,1,7-9H2,2-5H3,(H,17,18). The molecule has 0 aromatic rings. The monoisotopic (exact) mass is 268 g/mol. The highest BCUT2D eigenvalue weighted by atomic mass is 16.4. The van der Waals surface area contributed by atoms with Crippen molar-refractivity contribution in [3.05, 3.63) is 12.7 Å². The summed E-state index contributed by atoms with van der Waals surface area (Å²) in [7, 11) is 0. The molecule has 0 aliphatic carbocycles. The number of carboxylic acids is 1. The molecule has 5 nitrogen and oxygen atoms in total. The molecule has 1 fully saturated rings. The van der Waals surface area contributed by atoms with Crippen LogP contribution in [0.1, 0.15) is 34.1 Å². The molecule has 0 bridgehead atoms. The van der Waals surface area contributed by atoms with Crippen LogP contribution in [0.15, 0.2) is 12.7 Å². The fraction of sp³-hybridized carbons (Fsp3) is 0.714. The van der Waals surface area contributed by atoms with Gasteiger partial charge in [0, 0.05) is 18.6 Å². The van der Waals surface area contributed by atoms with Gasteiger partial charge in [0.05, 0.1) is 0 Å². The number of hydrogen-bond donors (Lipinski definition) is 1. The van der Waals surface area contributed by atoms with E-state index in [0.717, 1.165) is 6.42 Å². The average Bonchev–Trinajstić information content (AvgIpc) is 2.65. The molecule has 1 aliphatic heterocycles. The van der Waals surface area contributed by atoms with Crippen LogP contribution in [0.3, 0.4) is 0 Å². The van der Waals surface area contributed by atoms with E-state index in [4.69, 9.17) is 0 Å². The van der Waals surface area contributed by atoms with E-state index in [1.807, 2.05) is 27.7 Å². The molecule has 0 saturated carbocycles. The zero-order chi connectivity index (χ0) is 14.8. The maximum Gasteiger partial charge on any atom is 0.326 e. The van der Waals surface area contributed by atoms with Gasteiger partial charge in [-0.2, -0.15) is 0 Å². The maximum atomic E-state index is 12.6. The molecule has 19 heavy (non-hydrogen) atoms. The summed E-state index contributed by atoms with van der Waals surface area (Å²) >= 11 is 0. The van der Waals surface area contributed by atoms with Crippen molar-refractivity contribution >= 4 is 12.0 Å². The molecular weight excluding hydrogens is 244 g/mol. The predicted molar refractivity (Wildman–Crippen MR) is 74.0 cm³/mol. The summed E-state index contributed by atoms with van der Waals surface area (Å²) in [6.45, 7) is 12.3. The van der Waals surface area contributed by atoms with Gasteiger partial charge in [-0.25, -0.2) is 9.59 Å². The molecule has 0 aromatic heterocycles. The van der Waals surface area contributed by atoms with Crippen LogP contribution in [-0.4, -0.2) is 51.6 Å². The van der Waals surface area contributed by atoms with Gasteiger partial charge in [-0.15, -0.1) is 6.58 Å². The van der Waals surface area contributed by atoms with E-state index < -0.39 is 12.0 Å². The van der Waals surface area contributed by atoms with Crippen LogP contribution in [0.4, 0.5) is 4.79 Å². The minimum absolute atomic E-state index is 0.00741. The van der Waals surface area contributed by atoms with Crippen LogP contribution in [0.5, 0.6) is 0 Å². The topological polar surface area (TPSA) is 60.9 Å². The van der Waals surface area contributed by atoms with Crippen molar-refractivity contribution in [3.63, 3.8) is 0 Å². The lowest BCUT2D eigenvalue weighted by Gasteiger charge is -2.39. The van der Waals surface area contributed by atoms with Crippen molar-refractivity contribution in [2.45, 2.75) is 45.7 Å². The van der Waals surface area contributed by atoms with E-state index in [0.29, 0.717) is 13.1 Å². The van der Waals surface area contributed by atoms with Gasteiger partial charge in [0.1, 0.15) is 6.04 Å². The molecule has 1 saturated heterocycles. The number of carbonyl (C=O) groups excluding carboxylic acids is 1. The molecule has 1 N–H and O–H groups in total. The van der Waals surface area contributed by atoms with Gasteiger partial charge >= 0.3 is 12.0 Å². The molecule has 5 heteroatoms. The number of likely N-dealkylation sites (tertiary alicyclic amines) is 1. The van der Waals surface area contributed by atoms with Crippen LogP contribution >= 0.6 is 0 Å². The van der Waals surface area contributed by atoms with Crippen molar-refractivity contribution < 1.29 is 14.7 Å². The van der Waals surface area contributed by atoms with Gasteiger partial charge in [-0.3, -0.25) is 0 Å². The van der Waals surface area contributed by atoms with Gasteiger partial charge < -0.3 is 14.9 Å². The summed E-state index contributed by atoms with van der Waals surface area (Å²) in [4.78, 5) is 27.0. The smallest absolute Gasteiger partial charge is 0.326 e. The lowest BCUT2D eigenvalue weighted by molar-refractivity contribution is -0.142. The predicted octanol–water partition coefficient (Wildman–Crippen LogP) is 2.19. The minimum atomic E-state index is -0.925. The highest BCUT2D eigenvalue weighted by Crippen LogP contribution is 2.27. The third-order valence-electron chi connectivity index (χ3n) is 3.55. The van der Waals surface area contributed by atoms with E-state index >= 15 is 0 Å². The fourth-order valence-corrected chi connectivity index (χ4v) is 2.46. The number of rotatable bonds is 3. The molecule has 0 aromatic carbocycles. The number of aliphatic carboxylic acids is 1. The Kier molecular flexibility index (Phi) is 4.61. The molecule has 1 rings (SSSR count). The Balaban J connectivity index is 2.97. The van der Waals surface area contributed by atoms with E-state index in [-0.39, 0.29) is 17.5 Å². The van der Waals surface area contributed by atoms with Crippen LogP contribution in [0.25, 0.3) is 0 Å². The largest absolute Gasteiger partial charge is 0.480 e. The molecule has 1 heterocycles. The first-order chi connectivity index (χ1) is 8.70. The van der Waals surface area contributed by atoms with E-state index in [9.17, 15) is 14.7 Å². The molecule has 0 radical (unpaired) electrons.